The third kappa shape index (κ3) is 4.37. The first-order valence-electron chi connectivity index (χ1n) is 11.9. The third-order valence-corrected chi connectivity index (χ3v) is 6.73. The molecule has 2 aliphatic rings. The molecule has 1 saturated heterocycles. The van der Waals surface area contributed by atoms with Gasteiger partial charge in [-0.2, -0.15) is 13.2 Å². The first-order valence-corrected chi connectivity index (χ1v) is 11.9. The van der Waals surface area contributed by atoms with Crippen LogP contribution in [0.5, 0.6) is 0 Å². The van der Waals surface area contributed by atoms with Crippen LogP contribution >= 0.6 is 0 Å². The second kappa shape index (κ2) is 8.92. The molecule has 186 valence electrons. The van der Waals surface area contributed by atoms with Crippen molar-refractivity contribution in [2.24, 2.45) is 0 Å². The van der Waals surface area contributed by atoms with Crippen molar-refractivity contribution in [1.82, 2.24) is 9.97 Å². The normalized spacial score (nSPS) is 16.5. The van der Waals surface area contributed by atoms with Gasteiger partial charge in [-0.15, -0.1) is 0 Å². The number of halogens is 3. The number of fused-ring (bicyclic) bond motifs is 4. The number of anilines is 3. The number of pyridine rings is 2. The van der Waals surface area contributed by atoms with Gasteiger partial charge in [0.05, 0.1) is 28.7 Å². The second-order valence-corrected chi connectivity index (χ2v) is 9.10. The van der Waals surface area contributed by atoms with Gasteiger partial charge in [0.15, 0.2) is 5.82 Å². The third-order valence-electron chi connectivity index (χ3n) is 6.73. The summed E-state index contributed by atoms with van der Waals surface area (Å²) in [6.07, 6.45) is -1.97. The van der Waals surface area contributed by atoms with Crippen LogP contribution in [0.1, 0.15) is 12.0 Å². The number of hydrogen-bond donors (Lipinski definition) is 1. The van der Waals surface area contributed by atoms with Crippen LogP contribution in [0.3, 0.4) is 0 Å². The Balaban J connectivity index is 1.33. The number of amides is 2. The molecular weight excluding hydrogens is 479 g/mol. The van der Waals surface area contributed by atoms with Crippen molar-refractivity contribution in [3.05, 3.63) is 90.6 Å². The van der Waals surface area contributed by atoms with E-state index in [4.69, 9.17) is 4.98 Å². The fourth-order valence-electron chi connectivity index (χ4n) is 4.96. The van der Waals surface area contributed by atoms with Crippen LogP contribution in [0.25, 0.3) is 22.5 Å². The summed E-state index contributed by atoms with van der Waals surface area (Å²) in [5, 5.41) is 2.99. The molecule has 0 spiro atoms. The van der Waals surface area contributed by atoms with E-state index in [2.05, 4.69) is 15.2 Å². The van der Waals surface area contributed by atoms with E-state index in [1.165, 1.54) is 6.07 Å². The SMILES string of the molecule is O=C(Nc1cccc(-c2ccccn2)c1)N1c2nc(-c3cccc(C(F)(F)F)c3)ccc2N2CC[C@H]1C2. The average molecular weight is 502 g/mol. The number of aromatic nitrogens is 2. The molecule has 0 saturated carbocycles. The smallest absolute Gasteiger partial charge is 0.366 e. The van der Waals surface area contributed by atoms with Crippen LogP contribution in [-0.4, -0.2) is 35.1 Å². The zero-order valence-electron chi connectivity index (χ0n) is 19.6. The van der Waals surface area contributed by atoms with Crippen molar-refractivity contribution < 1.29 is 18.0 Å². The highest BCUT2D eigenvalue weighted by Gasteiger charge is 2.40. The maximum atomic E-state index is 13.6. The Hall–Kier alpha value is -4.40. The molecule has 4 heterocycles. The molecule has 2 aliphatic heterocycles. The number of carbonyl (C=O) groups excluding carboxylic acids is 1. The molecule has 2 amide bonds. The molecular formula is C28H22F3N5O. The van der Waals surface area contributed by atoms with Gasteiger partial charge in [-0.3, -0.25) is 9.88 Å². The fourth-order valence-corrected chi connectivity index (χ4v) is 4.96. The summed E-state index contributed by atoms with van der Waals surface area (Å²) in [4.78, 5) is 26.5. The molecule has 1 N–H and O–H groups in total. The maximum Gasteiger partial charge on any atom is 0.416 e. The number of nitrogens with one attached hydrogen (secondary N) is 1. The van der Waals surface area contributed by atoms with Crippen molar-refractivity contribution in [2.75, 3.05) is 28.2 Å². The van der Waals surface area contributed by atoms with E-state index in [1.807, 2.05) is 48.5 Å². The van der Waals surface area contributed by atoms with Gasteiger partial charge in [-0.1, -0.05) is 30.3 Å². The molecule has 2 aromatic carbocycles. The first kappa shape index (κ1) is 23.0. The van der Waals surface area contributed by atoms with E-state index in [1.54, 1.807) is 23.2 Å². The molecule has 6 rings (SSSR count). The molecule has 6 nitrogen and oxygen atoms in total. The quantitative estimate of drug-likeness (QED) is 0.350. The number of rotatable bonds is 3. The molecule has 2 aromatic heterocycles. The Bertz CT molecular complexity index is 1470. The lowest BCUT2D eigenvalue weighted by atomic mass is 10.1. The predicted molar refractivity (Wildman–Crippen MR) is 136 cm³/mol. The van der Waals surface area contributed by atoms with Crippen molar-refractivity contribution in [1.29, 1.82) is 0 Å². The minimum atomic E-state index is -4.45. The van der Waals surface area contributed by atoms with Crippen LogP contribution in [0.4, 0.5) is 35.2 Å². The van der Waals surface area contributed by atoms with Crippen molar-refractivity contribution in [3.8, 4) is 22.5 Å². The minimum Gasteiger partial charge on any atom is -0.366 e. The molecule has 1 fully saturated rings. The highest BCUT2D eigenvalue weighted by Crippen LogP contribution is 2.41. The maximum absolute atomic E-state index is 13.6. The van der Waals surface area contributed by atoms with Crippen LogP contribution < -0.4 is 15.1 Å². The summed E-state index contributed by atoms with van der Waals surface area (Å²) in [6, 6.07) is 21.3. The minimum absolute atomic E-state index is 0.0873. The number of nitrogens with zero attached hydrogens (tertiary/aromatic N) is 4. The average Bonchev–Trinajstić information content (AvgIpc) is 3.33. The van der Waals surface area contributed by atoms with E-state index < -0.39 is 11.7 Å². The lowest BCUT2D eigenvalue weighted by Gasteiger charge is -2.36. The van der Waals surface area contributed by atoms with Crippen molar-refractivity contribution in [2.45, 2.75) is 18.6 Å². The van der Waals surface area contributed by atoms with E-state index in [-0.39, 0.29) is 12.1 Å². The van der Waals surface area contributed by atoms with Gasteiger partial charge in [-0.05, 0) is 55.0 Å². The summed E-state index contributed by atoms with van der Waals surface area (Å²) < 4.78 is 39.9. The monoisotopic (exact) mass is 501 g/mol. The molecule has 2 bridgehead atoms. The summed E-state index contributed by atoms with van der Waals surface area (Å²) in [7, 11) is 0. The lowest BCUT2D eigenvalue weighted by molar-refractivity contribution is -0.137. The summed E-state index contributed by atoms with van der Waals surface area (Å²) in [5.74, 6) is 0.446. The van der Waals surface area contributed by atoms with Gasteiger partial charge in [0.2, 0.25) is 0 Å². The topological polar surface area (TPSA) is 61.4 Å². The van der Waals surface area contributed by atoms with Gasteiger partial charge in [0.25, 0.3) is 0 Å². The molecule has 0 aliphatic carbocycles. The molecule has 37 heavy (non-hydrogen) atoms. The van der Waals surface area contributed by atoms with Gasteiger partial charge in [0, 0.05) is 36.1 Å². The van der Waals surface area contributed by atoms with E-state index in [0.29, 0.717) is 29.3 Å². The Kier molecular flexibility index (Phi) is 5.55. The molecule has 9 heteroatoms. The van der Waals surface area contributed by atoms with E-state index in [0.717, 1.165) is 42.0 Å². The first-order chi connectivity index (χ1) is 17.9. The van der Waals surface area contributed by atoms with Gasteiger partial charge >= 0.3 is 12.2 Å². The standard InChI is InChI=1S/C28H22F3N5O/c29-28(30,31)20-7-3-5-18(15-20)24-10-11-25-26(34-24)36(22-12-14-35(25)17-22)27(37)33-21-8-4-6-19(16-21)23-9-1-2-13-32-23/h1-11,13,15-16,22H,12,14,17H2,(H,33,37)/t22-/m0/s1. The largest absolute Gasteiger partial charge is 0.416 e. The second-order valence-electron chi connectivity index (χ2n) is 9.10. The molecule has 0 unspecified atom stereocenters. The lowest BCUT2D eigenvalue weighted by Crippen LogP contribution is -2.48. The van der Waals surface area contributed by atoms with Crippen LogP contribution in [-0.2, 0) is 6.18 Å². The highest BCUT2D eigenvalue weighted by atomic mass is 19.4. The van der Waals surface area contributed by atoms with Crippen molar-refractivity contribution >= 4 is 23.2 Å². The zero-order chi connectivity index (χ0) is 25.6. The number of benzene rings is 2. The van der Waals surface area contributed by atoms with E-state index >= 15 is 0 Å². The van der Waals surface area contributed by atoms with Crippen LogP contribution in [0, 0.1) is 0 Å². The highest BCUT2D eigenvalue weighted by molar-refractivity contribution is 6.05. The zero-order valence-corrected chi connectivity index (χ0v) is 19.6. The van der Waals surface area contributed by atoms with Crippen LogP contribution in [0.2, 0.25) is 0 Å². The van der Waals surface area contributed by atoms with Crippen LogP contribution in [0.15, 0.2) is 85.1 Å². The number of carbonyl (C=O) groups is 1. The van der Waals surface area contributed by atoms with Gasteiger partial charge in [0.1, 0.15) is 0 Å². The van der Waals surface area contributed by atoms with Gasteiger partial charge < -0.3 is 10.2 Å². The summed E-state index contributed by atoms with van der Waals surface area (Å²) in [5.41, 5.74) is 3.05. The van der Waals surface area contributed by atoms with E-state index in [9.17, 15) is 18.0 Å². The Morgan fingerprint density at radius 1 is 0.919 bits per heavy atom. The fraction of sp³-hybridized carbons (Fsp3) is 0.179. The summed E-state index contributed by atoms with van der Waals surface area (Å²) in [6.45, 7) is 1.46. The predicted octanol–water partition coefficient (Wildman–Crippen LogP) is 6.46. The number of hydrogen-bond acceptors (Lipinski definition) is 4. The summed E-state index contributed by atoms with van der Waals surface area (Å²) >= 11 is 0. The number of alkyl halides is 3. The Morgan fingerprint density at radius 2 is 1.73 bits per heavy atom. The Labute approximate surface area is 211 Å². The number of urea groups is 1. The molecule has 1 atom stereocenters. The molecule has 4 aromatic rings. The molecule has 0 radical (unpaired) electrons. The van der Waals surface area contributed by atoms with Crippen molar-refractivity contribution in [3.63, 3.8) is 0 Å². The van der Waals surface area contributed by atoms with Gasteiger partial charge in [-0.25, -0.2) is 9.78 Å². The Morgan fingerprint density at radius 3 is 2.51 bits per heavy atom.